The smallest absolute Gasteiger partial charge is 0.303 e. The largest absolute Gasteiger partial charge is 0.493 e. The number of aliphatic carboxylic acids is 1. The monoisotopic (exact) mass is 357 g/mol. The second-order valence-electron chi connectivity index (χ2n) is 4.81. The lowest BCUT2D eigenvalue weighted by atomic mass is 10.1. The van der Waals surface area contributed by atoms with E-state index in [0.29, 0.717) is 19.4 Å². The van der Waals surface area contributed by atoms with E-state index in [1.807, 2.05) is 31.2 Å². The molecule has 6 heteroatoms. The Bertz CT molecular complexity index is 461. The van der Waals surface area contributed by atoms with Crippen LogP contribution in [0, 0.1) is 0 Å². The molecule has 116 valence electrons. The number of ether oxygens (including phenoxy) is 1. The Morgan fingerprint density at radius 3 is 2.57 bits per heavy atom. The van der Waals surface area contributed by atoms with Crippen molar-refractivity contribution in [1.82, 2.24) is 5.32 Å². The van der Waals surface area contributed by atoms with Crippen LogP contribution in [0.2, 0.25) is 0 Å². The van der Waals surface area contributed by atoms with Gasteiger partial charge in [-0.15, -0.1) is 0 Å². The summed E-state index contributed by atoms with van der Waals surface area (Å²) in [5.74, 6) is -0.174. The molecule has 0 bridgehead atoms. The van der Waals surface area contributed by atoms with Crippen LogP contribution in [0.1, 0.15) is 32.6 Å². The molecule has 0 aliphatic heterocycles. The maximum atomic E-state index is 11.7. The summed E-state index contributed by atoms with van der Waals surface area (Å²) in [5.41, 5.74) is 0. The first kappa shape index (κ1) is 17.5. The van der Waals surface area contributed by atoms with Crippen molar-refractivity contribution in [2.24, 2.45) is 0 Å². The molecule has 0 saturated carbocycles. The summed E-state index contributed by atoms with van der Waals surface area (Å²) in [4.78, 5) is 22.1. The van der Waals surface area contributed by atoms with Crippen LogP contribution in [0.3, 0.4) is 0 Å². The predicted molar refractivity (Wildman–Crippen MR) is 83.3 cm³/mol. The van der Waals surface area contributed by atoms with Crippen molar-refractivity contribution in [2.75, 3.05) is 6.61 Å². The molecule has 0 fully saturated rings. The van der Waals surface area contributed by atoms with E-state index >= 15 is 0 Å². The minimum Gasteiger partial charge on any atom is -0.493 e. The standard InChI is InChI=1S/C15H20BrNO4/c1-11(3-2-4-15(19)20)17-14(18)9-10-21-13-7-5-12(16)6-8-13/h5-8,11H,2-4,9-10H2,1H3,(H,17,18)(H,19,20). The molecule has 1 amide bonds. The van der Waals surface area contributed by atoms with Crippen molar-refractivity contribution < 1.29 is 19.4 Å². The highest BCUT2D eigenvalue weighted by Crippen LogP contribution is 2.16. The lowest BCUT2D eigenvalue weighted by Gasteiger charge is -2.13. The summed E-state index contributed by atoms with van der Waals surface area (Å²) in [6.07, 6.45) is 1.63. The molecule has 1 rings (SSSR count). The summed E-state index contributed by atoms with van der Waals surface area (Å²) in [6, 6.07) is 7.39. The van der Waals surface area contributed by atoms with Gasteiger partial charge in [0.15, 0.2) is 0 Å². The second kappa shape index (κ2) is 9.39. The van der Waals surface area contributed by atoms with Crippen LogP contribution in [0.4, 0.5) is 0 Å². The molecule has 0 spiro atoms. The Morgan fingerprint density at radius 1 is 1.29 bits per heavy atom. The number of carbonyl (C=O) groups is 2. The number of carbonyl (C=O) groups excluding carboxylic acids is 1. The van der Waals surface area contributed by atoms with E-state index in [1.165, 1.54) is 0 Å². The van der Waals surface area contributed by atoms with Crippen LogP contribution in [0.15, 0.2) is 28.7 Å². The third-order valence-electron chi connectivity index (χ3n) is 2.85. The number of hydrogen-bond donors (Lipinski definition) is 2. The second-order valence-corrected chi connectivity index (χ2v) is 5.72. The zero-order chi connectivity index (χ0) is 15.7. The molecular weight excluding hydrogens is 338 g/mol. The average Bonchev–Trinajstić information content (AvgIpc) is 2.40. The zero-order valence-electron chi connectivity index (χ0n) is 12.0. The number of nitrogens with one attached hydrogen (secondary N) is 1. The molecule has 1 aromatic rings. The van der Waals surface area contributed by atoms with Gasteiger partial charge in [0.25, 0.3) is 0 Å². The fraction of sp³-hybridized carbons (Fsp3) is 0.467. The molecule has 2 N–H and O–H groups in total. The molecule has 0 aliphatic rings. The number of benzene rings is 1. The van der Waals surface area contributed by atoms with Gasteiger partial charge in [-0.2, -0.15) is 0 Å². The Labute approximate surface area is 132 Å². The van der Waals surface area contributed by atoms with Crippen LogP contribution in [0.25, 0.3) is 0 Å². The van der Waals surface area contributed by atoms with Crippen molar-refractivity contribution in [3.05, 3.63) is 28.7 Å². The predicted octanol–water partition coefficient (Wildman–Crippen LogP) is 2.98. The van der Waals surface area contributed by atoms with Gasteiger partial charge in [0.05, 0.1) is 13.0 Å². The molecule has 1 unspecified atom stereocenters. The first-order chi connectivity index (χ1) is 9.97. The highest BCUT2D eigenvalue weighted by atomic mass is 79.9. The third kappa shape index (κ3) is 8.34. The Morgan fingerprint density at radius 2 is 1.95 bits per heavy atom. The topological polar surface area (TPSA) is 75.6 Å². The van der Waals surface area contributed by atoms with E-state index in [-0.39, 0.29) is 24.8 Å². The van der Waals surface area contributed by atoms with Crippen molar-refractivity contribution >= 4 is 27.8 Å². The summed E-state index contributed by atoms with van der Waals surface area (Å²) >= 11 is 3.34. The quantitative estimate of drug-likeness (QED) is 0.712. The summed E-state index contributed by atoms with van der Waals surface area (Å²) in [5, 5.41) is 11.4. The zero-order valence-corrected chi connectivity index (χ0v) is 13.6. The molecule has 0 aliphatic carbocycles. The van der Waals surface area contributed by atoms with Gasteiger partial charge in [-0.3, -0.25) is 9.59 Å². The summed E-state index contributed by atoms with van der Waals surface area (Å²) in [6.45, 7) is 2.19. The van der Waals surface area contributed by atoms with Crippen molar-refractivity contribution in [3.63, 3.8) is 0 Å². The van der Waals surface area contributed by atoms with Gasteiger partial charge in [-0.05, 0) is 44.0 Å². The SMILES string of the molecule is CC(CCCC(=O)O)NC(=O)CCOc1ccc(Br)cc1. The molecular formula is C15H20BrNO4. The Hall–Kier alpha value is -1.56. The molecule has 0 aromatic heterocycles. The van der Waals surface area contributed by atoms with Crippen LogP contribution in [-0.4, -0.2) is 29.6 Å². The minimum atomic E-state index is -0.809. The first-order valence-corrected chi connectivity index (χ1v) is 7.66. The van der Waals surface area contributed by atoms with Crippen LogP contribution >= 0.6 is 15.9 Å². The first-order valence-electron chi connectivity index (χ1n) is 6.87. The van der Waals surface area contributed by atoms with Gasteiger partial charge in [0.2, 0.25) is 5.91 Å². The Balaban J connectivity index is 2.15. The highest BCUT2D eigenvalue weighted by Gasteiger charge is 2.08. The molecule has 0 radical (unpaired) electrons. The van der Waals surface area contributed by atoms with Gasteiger partial charge in [-0.1, -0.05) is 15.9 Å². The van der Waals surface area contributed by atoms with E-state index in [4.69, 9.17) is 9.84 Å². The lowest BCUT2D eigenvalue weighted by molar-refractivity contribution is -0.137. The van der Waals surface area contributed by atoms with Gasteiger partial charge in [0.1, 0.15) is 5.75 Å². The molecule has 21 heavy (non-hydrogen) atoms. The van der Waals surface area contributed by atoms with Crippen LogP contribution < -0.4 is 10.1 Å². The fourth-order valence-corrected chi connectivity index (χ4v) is 2.04. The fourth-order valence-electron chi connectivity index (χ4n) is 1.77. The lowest BCUT2D eigenvalue weighted by Crippen LogP contribution is -2.33. The van der Waals surface area contributed by atoms with E-state index in [2.05, 4.69) is 21.2 Å². The molecule has 1 atom stereocenters. The van der Waals surface area contributed by atoms with Crippen LogP contribution in [0.5, 0.6) is 5.75 Å². The molecule has 0 saturated heterocycles. The average molecular weight is 358 g/mol. The van der Waals surface area contributed by atoms with Crippen molar-refractivity contribution in [3.8, 4) is 5.75 Å². The minimum absolute atomic E-state index is 0.0236. The highest BCUT2D eigenvalue weighted by molar-refractivity contribution is 9.10. The number of rotatable bonds is 9. The van der Waals surface area contributed by atoms with Crippen molar-refractivity contribution in [2.45, 2.75) is 38.6 Å². The number of carboxylic acids is 1. The number of amides is 1. The summed E-state index contributed by atoms with van der Waals surface area (Å²) < 4.78 is 6.44. The van der Waals surface area contributed by atoms with E-state index in [9.17, 15) is 9.59 Å². The maximum absolute atomic E-state index is 11.7. The van der Waals surface area contributed by atoms with Gasteiger partial charge >= 0.3 is 5.97 Å². The summed E-state index contributed by atoms with van der Waals surface area (Å²) in [7, 11) is 0. The number of halogens is 1. The third-order valence-corrected chi connectivity index (χ3v) is 3.38. The van der Waals surface area contributed by atoms with Gasteiger partial charge < -0.3 is 15.2 Å². The van der Waals surface area contributed by atoms with Crippen LogP contribution in [-0.2, 0) is 9.59 Å². The van der Waals surface area contributed by atoms with E-state index in [1.54, 1.807) is 0 Å². The van der Waals surface area contributed by atoms with E-state index < -0.39 is 5.97 Å². The van der Waals surface area contributed by atoms with E-state index in [0.717, 1.165) is 10.2 Å². The maximum Gasteiger partial charge on any atom is 0.303 e. The number of carboxylic acid groups (broad SMARTS) is 1. The number of hydrogen-bond acceptors (Lipinski definition) is 3. The van der Waals surface area contributed by atoms with Crippen molar-refractivity contribution in [1.29, 1.82) is 0 Å². The Kier molecular flexibility index (Phi) is 7.82. The normalized spacial score (nSPS) is 11.7. The molecule has 0 heterocycles. The van der Waals surface area contributed by atoms with Gasteiger partial charge in [-0.25, -0.2) is 0 Å². The van der Waals surface area contributed by atoms with Gasteiger partial charge in [0, 0.05) is 16.9 Å². The molecule has 1 aromatic carbocycles. The molecule has 5 nitrogen and oxygen atoms in total.